The fraction of sp³-hybridized carbons (Fsp3) is 0.625. The Morgan fingerprint density at radius 2 is 1.33 bits per heavy atom. The van der Waals surface area contributed by atoms with Gasteiger partial charge in [0.25, 0.3) is 0 Å². The molecular formula is C8H14O4. The lowest BCUT2D eigenvalue weighted by Crippen LogP contribution is -1.97. The standard InChI is InChI=1S/C5H8O2.C3H6O2/c1-4(6)3-5(2)7;1-2-3(4)5/h3H2,1-2H3;2H2,1H3,(H,4,5). The number of rotatable bonds is 3. The third-order valence-corrected chi connectivity index (χ3v) is 0.800. The lowest BCUT2D eigenvalue weighted by molar-refractivity contribution is -0.136. The largest absolute Gasteiger partial charge is 0.481 e. The number of carboxylic acids is 1. The van der Waals surface area contributed by atoms with Crippen LogP contribution < -0.4 is 0 Å². The molecule has 0 atom stereocenters. The number of ketones is 2. The number of aliphatic carboxylic acids is 1. The van der Waals surface area contributed by atoms with Gasteiger partial charge in [0.15, 0.2) is 0 Å². The highest BCUT2D eigenvalue weighted by Gasteiger charge is 1.94. The fourth-order valence-electron chi connectivity index (χ4n) is 0.351. The van der Waals surface area contributed by atoms with Crippen molar-refractivity contribution in [1.82, 2.24) is 0 Å². The quantitative estimate of drug-likeness (QED) is 0.649. The van der Waals surface area contributed by atoms with Crippen LogP contribution in [0.5, 0.6) is 0 Å². The van der Waals surface area contributed by atoms with E-state index in [1.54, 1.807) is 6.92 Å². The van der Waals surface area contributed by atoms with Crippen LogP contribution in [0.4, 0.5) is 0 Å². The second-order valence-corrected chi connectivity index (χ2v) is 2.33. The van der Waals surface area contributed by atoms with E-state index in [9.17, 15) is 14.4 Å². The Morgan fingerprint density at radius 1 is 1.08 bits per heavy atom. The first-order valence-electron chi connectivity index (χ1n) is 3.60. The molecule has 4 nitrogen and oxygen atoms in total. The van der Waals surface area contributed by atoms with E-state index in [0.717, 1.165) is 0 Å². The molecule has 0 saturated heterocycles. The molecule has 0 aliphatic heterocycles. The Bertz CT molecular complexity index is 160. The Morgan fingerprint density at radius 3 is 1.33 bits per heavy atom. The maximum absolute atomic E-state index is 10.0. The maximum Gasteiger partial charge on any atom is 0.303 e. The minimum atomic E-state index is -0.745. The fourth-order valence-corrected chi connectivity index (χ4v) is 0.351. The van der Waals surface area contributed by atoms with Gasteiger partial charge in [-0.25, -0.2) is 0 Å². The highest BCUT2D eigenvalue weighted by atomic mass is 16.4. The third-order valence-electron chi connectivity index (χ3n) is 0.800. The molecule has 1 N–H and O–H groups in total. The predicted octanol–water partition coefficient (Wildman–Crippen LogP) is 1.04. The monoisotopic (exact) mass is 174 g/mol. The zero-order valence-corrected chi connectivity index (χ0v) is 7.59. The van der Waals surface area contributed by atoms with Crippen LogP contribution in [0.25, 0.3) is 0 Å². The van der Waals surface area contributed by atoms with Crippen molar-refractivity contribution < 1.29 is 19.5 Å². The van der Waals surface area contributed by atoms with Crippen LogP contribution in [0, 0.1) is 0 Å². The minimum absolute atomic E-state index is 0.0625. The Labute approximate surface area is 71.6 Å². The van der Waals surface area contributed by atoms with E-state index < -0.39 is 5.97 Å². The molecule has 0 aromatic heterocycles. The predicted molar refractivity (Wildman–Crippen MR) is 43.9 cm³/mol. The van der Waals surface area contributed by atoms with Gasteiger partial charge in [0.05, 0.1) is 6.42 Å². The number of carbonyl (C=O) groups excluding carboxylic acids is 2. The first-order valence-corrected chi connectivity index (χ1v) is 3.60. The maximum atomic E-state index is 10.0. The van der Waals surface area contributed by atoms with Crippen molar-refractivity contribution in [3.05, 3.63) is 0 Å². The van der Waals surface area contributed by atoms with E-state index in [0.29, 0.717) is 0 Å². The third kappa shape index (κ3) is 23.2. The molecule has 0 bridgehead atoms. The van der Waals surface area contributed by atoms with E-state index in [1.165, 1.54) is 13.8 Å². The van der Waals surface area contributed by atoms with E-state index in [2.05, 4.69) is 0 Å². The van der Waals surface area contributed by atoms with Gasteiger partial charge in [0.2, 0.25) is 0 Å². The molecule has 70 valence electrons. The summed E-state index contributed by atoms with van der Waals surface area (Å²) in [7, 11) is 0. The van der Waals surface area contributed by atoms with Gasteiger partial charge < -0.3 is 5.11 Å². The average molecular weight is 174 g/mol. The van der Waals surface area contributed by atoms with Crippen LogP contribution in [0.2, 0.25) is 0 Å². The van der Waals surface area contributed by atoms with Crippen LogP contribution in [-0.4, -0.2) is 22.6 Å². The zero-order chi connectivity index (χ0) is 10.1. The van der Waals surface area contributed by atoms with Gasteiger partial charge in [-0.1, -0.05) is 6.92 Å². The molecule has 0 radical (unpaired) electrons. The molecule has 0 spiro atoms. The summed E-state index contributed by atoms with van der Waals surface area (Å²) in [4.78, 5) is 29.4. The van der Waals surface area contributed by atoms with E-state index in [-0.39, 0.29) is 24.4 Å². The smallest absolute Gasteiger partial charge is 0.303 e. The van der Waals surface area contributed by atoms with Gasteiger partial charge in [0, 0.05) is 6.42 Å². The number of hydrogen-bond acceptors (Lipinski definition) is 3. The van der Waals surface area contributed by atoms with Gasteiger partial charge in [-0.15, -0.1) is 0 Å². The van der Waals surface area contributed by atoms with E-state index in [1.807, 2.05) is 0 Å². The first kappa shape index (κ1) is 13.4. The van der Waals surface area contributed by atoms with Gasteiger partial charge in [-0.3, -0.25) is 14.4 Å². The number of hydrogen-bond donors (Lipinski definition) is 1. The molecule has 0 amide bonds. The van der Waals surface area contributed by atoms with Gasteiger partial charge in [-0.2, -0.15) is 0 Å². The average Bonchev–Trinajstić information content (AvgIpc) is 1.85. The topological polar surface area (TPSA) is 71.4 Å². The van der Waals surface area contributed by atoms with Crippen molar-refractivity contribution in [3.63, 3.8) is 0 Å². The highest BCUT2D eigenvalue weighted by Crippen LogP contribution is 1.80. The molecule has 0 aromatic rings. The van der Waals surface area contributed by atoms with Crippen molar-refractivity contribution >= 4 is 17.5 Å². The highest BCUT2D eigenvalue weighted by molar-refractivity contribution is 5.96. The normalized spacial score (nSPS) is 7.92. The summed E-state index contributed by atoms with van der Waals surface area (Å²) < 4.78 is 0. The van der Waals surface area contributed by atoms with Crippen molar-refractivity contribution in [2.24, 2.45) is 0 Å². The van der Waals surface area contributed by atoms with E-state index >= 15 is 0 Å². The van der Waals surface area contributed by atoms with Gasteiger partial charge in [-0.05, 0) is 13.8 Å². The van der Waals surface area contributed by atoms with Gasteiger partial charge >= 0.3 is 5.97 Å². The van der Waals surface area contributed by atoms with E-state index in [4.69, 9.17) is 5.11 Å². The molecule has 0 rings (SSSR count). The first-order chi connectivity index (χ1) is 5.40. The molecular weight excluding hydrogens is 160 g/mol. The lowest BCUT2D eigenvalue weighted by atomic mass is 10.2. The van der Waals surface area contributed by atoms with Crippen molar-refractivity contribution in [2.45, 2.75) is 33.6 Å². The Kier molecular flexibility index (Phi) is 8.84. The van der Waals surface area contributed by atoms with Crippen LogP contribution in [0.15, 0.2) is 0 Å². The Hall–Kier alpha value is -1.19. The summed E-state index contributed by atoms with van der Waals surface area (Å²) in [6, 6.07) is 0. The van der Waals surface area contributed by atoms with Crippen LogP contribution >= 0.6 is 0 Å². The summed E-state index contributed by atoms with van der Waals surface area (Å²) in [6.07, 6.45) is 0.306. The molecule has 4 heteroatoms. The molecule has 0 heterocycles. The SMILES string of the molecule is CC(=O)CC(C)=O.CCC(=O)O. The summed E-state index contributed by atoms with van der Waals surface area (Å²) in [5.74, 6) is -0.870. The lowest BCUT2D eigenvalue weighted by Gasteiger charge is -1.81. The molecule has 12 heavy (non-hydrogen) atoms. The molecule has 0 fully saturated rings. The van der Waals surface area contributed by atoms with Crippen LogP contribution in [0.3, 0.4) is 0 Å². The molecule has 0 aliphatic carbocycles. The zero-order valence-electron chi connectivity index (χ0n) is 7.59. The number of carbonyl (C=O) groups is 3. The minimum Gasteiger partial charge on any atom is -0.481 e. The summed E-state index contributed by atoms with van der Waals surface area (Å²) in [6.45, 7) is 4.41. The molecule has 0 aliphatic rings. The summed E-state index contributed by atoms with van der Waals surface area (Å²) in [5.41, 5.74) is 0. The van der Waals surface area contributed by atoms with Crippen LogP contribution in [0.1, 0.15) is 33.6 Å². The second kappa shape index (κ2) is 7.91. The van der Waals surface area contributed by atoms with Crippen molar-refractivity contribution in [1.29, 1.82) is 0 Å². The van der Waals surface area contributed by atoms with Gasteiger partial charge in [0.1, 0.15) is 11.6 Å². The van der Waals surface area contributed by atoms with Crippen LogP contribution in [-0.2, 0) is 14.4 Å². The van der Waals surface area contributed by atoms with Crippen molar-refractivity contribution in [3.8, 4) is 0 Å². The summed E-state index contributed by atoms with van der Waals surface area (Å²) >= 11 is 0. The number of Topliss-reactive ketones (excluding diaryl/α,β-unsaturated/α-hetero) is 2. The van der Waals surface area contributed by atoms with Crippen molar-refractivity contribution in [2.75, 3.05) is 0 Å². The summed E-state index contributed by atoms with van der Waals surface area (Å²) in [5, 5.41) is 7.72. The molecule has 0 unspecified atom stereocenters. The molecule has 0 saturated carbocycles. The Balaban J connectivity index is 0. The molecule has 0 aromatic carbocycles. The second-order valence-electron chi connectivity index (χ2n) is 2.33. The number of carboxylic acid groups (broad SMARTS) is 1.